The van der Waals surface area contributed by atoms with Gasteiger partial charge in [0.15, 0.2) is 17.5 Å². The summed E-state index contributed by atoms with van der Waals surface area (Å²) in [5.74, 6) is -3.07. The van der Waals surface area contributed by atoms with Crippen LogP contribution in [-0.4, -0.2) is 50.0 Å². The molecule has 0 saturated carbocycles. The molecule has 2 rings (SSSR count). The molecule has 0 N–H and O–H groups in total. The number of hydrogen-bond acceptors (Lipinski definition) is 3. The second-order valence-electron chi connectivity index (χ2n) is 5.36. The molecule has 0 spiro atoms. The predicted molar refractivity (Wildman–Crippen MR) is 79.0 cm³/mol. The average Bonchev–Trinajstić information content (AvgIpc) is 2.84. The lowest BCUT2D eigenvalue weighted by Gasteiger charge is -2.17. The summed E-state index contributed by atoms with van der Waals surface area (Å²) in [4.78, 5) is 1.78. The lowest BCUT2D eigenvalue weighted by molar-refractivity contribution is 0.337. The Morgan fingerprint density at radius 3 is 2.50 bits per heavy atom. The first-order chi connectivity index (χ1) is 10.2. The highest BCUT2D eigenvalue weighted by Gasteiger charge is 2.16. The van der Waals surface area contributed by atoms with E-state index in [-0.39, 0.29) is 16.7 Å². The van der Waals surface area contributed by atoms with Gasteiger partial charge in [-0.2, -0.15) is 0 Å². The summed E-state index contributed by atoms with van der Waals surface area (Å²) >= 11 is 0. The minimum absolute atomic E-state index is 0.00964. The lowest BCUT2D eigenvalue weighted by Crippen LogP contribution is -2.28. The molecule has 1 aromatic carbocycles. The number of likely N-dealkylation sites (N-methyl/N-ethyl adjacent to an activating group) is 1. The van der Waals surface area contributed by atoms with E-state index in [2.05, 4.69) is 0 Å². The monoisotopic (exact) mass is 334 g/mol. The van der Waals surface area contributed by atoms with Crippen LogP contribution in [0.2, 0.25) is 0 Å². The fourth-order valence-corrected chi connectivity index (χ4v) is 2.83. The first kappa shape index (κ1) is 16.8. The molecule has 0 aliphatic rings. The number of halogens is 3. The van der Waals surface area contributed by atoms with Crippen molar-refractivity contribution < 1.29 is 21.6 Å². The molecule has 0 unspecified atom stereocenters. The Morgan fingerprint density at radius 2 is 1.86 bits per heavy atom. The van der Waals surface area contributed by atoms with Gasteiger partial charge >= 0.3 is 0 Å². The van der Waals surface area contributed by atoms with Crippen LogP contribution >= 0.6 is 0 Å². The fraction of sp³-hybridized carbons (Fsp3) is 0.429. The van der Waals surface area contributed by atoms with Crippen molar-refractivity contribution in [3.05, 3.63) is 35.8 Å². The van der Waals surface area contributed by atoms with Crippen molar-refractivity contribution in [1.82, 2.24) is 9.47 Å². The molecule has 0 radical (unpaired) electrons. The fourth-order valence-electron chi connectivity index (χ4n) is 2.19. The van der Waals surface area contributed by atoms with E-state index in [1.165, 1.54) is 16.8 Å². The molecule has 1 aromatic heterocycles. The molecule has 2 aromatic rings. The molecule has 122 valence electrons. The summed E-state index contributed by atoms with van der Waals surface area (Å²) < 4.78 is 64.3. The summed E-state index contributed by atoms with van der Waals surface area (Å²) in [7, 11) is -1.30. The molecule has 0 atom stereocenters. The zero-order chi connectivity index (χ0) is 16.5. The van der Waals surface area contributed by atoms with Gasteiger partial charge in [-0.25, -0.2) is 21.6 Å². The molecule has 0 aliphatic heterocycles. The quantitative estimate of drug-likeness (QED) is 0.759. The molecule has 1 heterocycles. The Morgan fingerprint density at radius 1 is 1.18 bits per heavy atom. The van der Waals surface area contributed by atoms with Crippen molar-refractivity contribution >= 4 is 20.7 Å². The van der Waals surface area contributed by atoms with Crippen molar-refractivity contribution in [2.75, 3.05) is 32.1 Å². The predicted octanol–water partition coefficient (Wildman–Crippen LogP) is 2.04. The highest BCUT2D eigenvalue weighted by Crippen LogP contribution is 2.24. The summed E-state index contributed by atoms with van der Waals surface area (Å²) in [6.07, 6.45) is 2.65. The van der Waals surface area contributed by atoms with Crippen molar-refractivity contribution in [1.29, 1.82) is 0 Å². The molecule has 4 nitrogen and oxygen atoms in total. The van der Waals surface area contributed by atoms with Crippen molar-refractivity contribution in [3.63, 3.8) is 0 Å². The molecule has 0 fully saturated rings. The molecule has 0 aliphatic carbocycles. The van der Waals surface area contributed by atoms with Crippen LogP contribution in [0.1, 0.15) is 0 Å². The largest absolute Gasteiger partial charge is 0.344 e. The standard InChI is InChI=1S/C14H17F3N2O2S/c1-18(7-8-22(2,20)21)5-6-19-4-3-10-13(17)11(15)9-12(16)14(10)19/h3-4,9H,5-8H2,1-2H3. The van der Waals surface area contributed by atoms with Gasteiger partial charge in [0.25, 0.3) is 0 Å². The lowest BCUT2D eigenvalue weighted by atomic mass is 10.2. The van der Waals surface area contributed by atoms with E-state index in [1.807, 2.05) is 0 Å². The van der Waals surface area contributed by atoms with Gasteiger partial charge in [-0.15, -0.1) is 0 Å². The summed E-state index contributed by atoms with van der Waals surface area (Å²) in [5, 5.41) is -0.101. The Kier molecular flexibility index (Phi) is 4.81. The van der Waals surface area contributed by atoms with E-state index < -0.39 is 27.3 Å². The molecular formula is C14H17F3N2O2S. The first-order valence-corrected chi connectivity index (χ1v) is 8.73. The molecule has 22 heavy (non-hydrogen) atoms. The number of aromatic nitrogens is 1. The topological polar surface area (TPSA) is 42.3 Å². The SMILES string of the molecule is CN(CCn1ccc2c(F)c(F)cc(F)c21)CCS(C)(=O)=O. The van der Waals surface area contributed by atoms with Crippen LogP contribution in [-0.2, 0) is 16.4 Å². The average molecular weight is 334 g/mol. The second kappa shape index (κ2) is 6.29. The van der Waals surface area contributed by atoms with E-state index in [4.69, 9.17) is 0 Å². The van der Waals surface area contributed by atoms with Gasteiger partial charge in [0.05, 0.1) is 11.3 Å². The smallest absolute Gasteiger partial charge is 0.168 e. The third-order valence-electron chi connectivity index (χ3n) is 3.46. The van der Waals surface area contributed by atoms with Crippen LogP contribution in [0.4, 0.5) is 13.2 Å². The minimum atomic E-state index is -3.04. The Labute approximate surface area is 127 Å². The molecule has 0 amide bonds. The summed E-state index contributed by atoms with van der Waals surface area (Å²) in [6.45, 7) is 1.15. The number of hydrogen-bond donors (Lipinski definition) is 0. The van der Waals surface area contributed by atoms with Crippen LogP contribution in [0.25, 0.3) is 10.9 Å². The Balaban J connectivity index is 2.11. The van der Waals surface area contributed by atoms with Crippen molar-refractivity contribution in [2.45, 2.75) is 6.54 Å². The third kappa shape index (κ3) is 3.80. The number of sulfone groups is 1. The van der Waals surface area contributed by atoms with E-state index in [9.17, 15) is 21.6 Å². The van der Waals surface area contributed by atoms with Gasteiger partial charge in [-0.3, -0.25) is 0 Å². The Bertz CT molecular complexity index is 787. The maximum atomic E-state index is 13.8. The van der Waals surface area contributed by atoms with Crippen LogP contribution < -0.4 is 0 Å². The molecule has 8 heteroatoms. The Hall–Kier alpha value is -1.54. The van der Waals surface area contributed by atoms with E-state index in [1.54, 1.807) is 11.9 Å². The first-order valence-electron chi connectivity index (χ1n) is 6.67. The molecule has 0 saturated heterocycles. The summed E-state index contributed by atoms with van der Waals surface area (Å²) in [6, 6.07) is 1.86. The van der Waals surface area contributed by atoms with Crippen LogP contribution in [0.3, 0.4) is 0 Å². The number of benzene rings is 1. The normalized spacial score (nSPS) is 12.5. The highest BCUT2D eigenvalue weighted by molar-refractivity contribution is 7.90. The van der Waals surface area contributed by atoms with Crippen LogP contribution in [0.5, 0.6) is 0 Å². The van der Waals surface area contributed by atoms with Gasteiger partial charge in [0, 0.05) is 43.5 Å². The zero-order valence-corrected chi connectivity index (χ0v) is 13.1. The number of rotatable bonds is 6. The second-order valence-corrected chi connectivity index (χ2v) is 7.62. The third-order valence-corrected chi connectivity index (χ3v) is 4.38. The number of nitrogens with zero attached hydrogens (tertiary/aromatic N) is 2. The highest BCUT2D eigenvalue weighted by atomic mass is 32.2. The van der Waals surface area contributed by atoms with Gasteiger partial charge < -0.3 is 9.47 Å². The van der Waals surface area contributed by atoms with E-state index in [0.717, 1.165) is 6.26 Å². The maximum Gasteiger partial charge on any atom is 0.168 e. The van der Waals surface area contributed by atoms with Gasteiger partial charge in [-0.05, 0) is 13.1 Å². The van der Waals surface area contributed by atoms with Crippen LogP contribution in [0, 0.1) is 17.5 Å². The summed E-state index contributed by atoms with van der Waals surface area (Å²) in [5.41, 5.74) is 0.00964. The van der Waals surface area contributed by atoms with Gasteiger partial charge in [0.2, 0.25) is 0 Å². The molecular weight excluding hydrogens is 317 g/mol. The minimum Gasteiger partial charge on any atom is -0.344 e. The van der Waals surface area contributed by atoms with E-state index >= 15 is 0 Å². The van der Waals surface area contributed by atoms with Crippen molar-refractivity contribution in [3.8, 4) is 0 Å². The van der Waals surface area contributed by atoms with Crippen molar-refractivity contribution in [2.24, 2.45) is 0 Å². The van der Waals surface area contributed by atoms with E-state index in [0.29, 0.717) is 25.7 Å². The maximum absolute atomic E-state index is 13.8. The van der Waals surface area contributed by atoms with Crippen LogP contribution in [0.15, 0.2) is 18.3 Å². The molecule has 0 bridgehead atoms. The zero-order valence-electron chi connectivity index (χ0n) is 12.3. The van der Waals surface area contributed by atoms with Gasteiger partial charge in [-0.1, -0.05) is 0 Å². The van der Waals surface area contributed by atoms with Gasteiger partial charge in [0.1, 0.15) is 9.84 Å². The number of fused-ring (bicyclic) bond motifs is 1.